The molecule has 0 amide bonds. The van der Waals surface area contributed by atoms with E-state index in [1.165, 1.54) is 9.12 Å². The number of aliphatic hydroxyl groups excluding tert-OH is 2. The zero-order valence-electron chi connectivity index (χ0n) is 4.96. The van der Waals surface area contributed by atoms with Gasteiger partial charge in [0.1, 0.15) is 0 Å². The Morgan fingerprint density at radius 2 is 1.67 bits per heavy atom. The zero-order chi connectivity index (χ0) is 7.11. The Kier molecular flexibility index (Phi) is 7.83. The second-order valence-electron chi connectivity index (χ2n) is 1.45. The highest BCUT2D eigenvalue weighted by Gasteiger charge is 1.99. The molecule has 0 heterocycles. The third-order valence-electron chi connectivity index (χ3n) is 0.796. The minimum atomic E-state index is 0.149. The SMILES string of the molecule is OCCN(CCO)SI. The first-order valence-electron chi connectivity index (χ1n) is 2.60. The van der Waals surface area contributed by atoms with E-state index >= 15 is 0 Å². The van der Waals surface area contributed by atoms with E-state index in [2.05, 4.69) is 21.2 Å². The van der Waals surface area contributed by atoms with E-state index in [0.717, 1.165) is 0 Å². The van der Waals surface area contributed by atoms with E-state index in [0.29, 0.717) is 13.1 Å². The molecule has 9 heavy (non-hydrogen) atoms. The molecule has 3 nitrogen and oxygen atoms in total. The van der Waals surface area contributed by atoms with Gasteiger partial charge >= 0.3 is 0 Å². The van der Waals surface area contributed by atoms with Crippen molar-refractivity contribution in [1.82, 2.24) is 4.31 Å². The molecule has 0 radical (unpaired) electrons. The van der Waals surface area contributed by atoms with Crippen molar-refractivity contribution in [3.63, 3.8) is 0 Å². The second kappa shape index (κ2) is 7.07. The van der Waals surface area contributed by atoms with Gasteiger partial charge in [-0.2, -0.15) is 0 Å². The van der Waals surface area contributed by atoms with Gasteiger partial charge in [-0.15, -0.1) is 0 Å². The number of hydrogen-bond donors (Lipinski definition) is 2. The van der Waals surface area contributed by atoms with Crippen molar-refractivity contribution in [2.24, 2.45) is 0 Å². The fraction of sp³-hybridized carbons (Fsp3) is 1.00. The van der Waals surface area contributed by atoms with Crippen molar-refractivity contribution in [2.75, 3.05) is 26.3 Å². The van der Waals surface area contributed by atoms with Crippen LogP contribution in [0.25, 0.3) is 0 Å². The summed E-state index contributed by atoms with van der Waals surface area (Å²) >= 11 is 2.12. The Morgan fingerprint density at radius 1 is 1.22 bits per heavy atom. The van der Waals surface area contributed by atoms with E-state index in [9.17, 15) is 0 Å². The summed E-state index contributed by atoms with van der Waals surface area (Å²) in [6, 6.07) is 0. The van der Waals surface area contributed by atoms with Gasteiger partial charge in [0.2, 0.25) is 0 Å². The minimum Gasteiger partial charge on any atom is -0.395 e. The Balaban J connectivity index is 3.18. The Labute approximate surface area is 71.1 Å². The van der Waals surface area contributed by atoms with Gasteiger partial charge in [0.25, 0.3) is 0 Å². The van der Waals surface area contributed by atoms with Crippen LogP contribution in [0, 0.1) is 0 Å². The summed E-state index contributed by atoms with van der Waals surface area (Å²) in [6.07, 6.45) is 0. The molecule has 0 aliphatic carbocycles. The fourth-order valence-corrected chi connectivity index (χ4v) is 1.89. The summed E-state index contributed by atoms with van der Waals surface area (Å²) in [6.45, 7) is 1.54. The molecule has 0 fully saturated rings. The van der Waals surface area contributed by atoms with Crippen LogP contribution in [0.15, 0.2) is 0 Å². The van der Waals surface area contributed by atoms with Gasteiger partial charge in [-0.1, -0.05) is 0 Å². The molecule has 0 saturated heterocycles. The molecule has 5 heteroatoms. The minimum absolute atomic E-state index is 0.149. The molecule has 0 rings (SSSR count). The van der Waals surface area contributed by atoms with Crippen LogP contribution in [0.5, 0.6) is 0 Å². The smallest absolute Gasteiger partial charge is 0.0568 e. The highest BCUT2D eigenvalue weighted by atomic mass is 127. The lowest BCUT2D eigenvalue weighted by molar-refractivity contribution is 0.227. The lowest BCUT2D eigenvalue weighted by Gasteiger charge is -2.13. The maximum absolute atomic E-state index is 8.45. The van der Waals surface area contributed by atoms with E-state index in [1.807, 2.05) is 4.31 Å². The average Bonchev–Trinajstić information content (AvgIpc) is 1.88. The highest BCUT2D eigenvalue weighted by Crippen LogP contribution is 2.16. The predicted octanol–water partition coefficient (Wildman–Crippen LogP) is 0.271. The molecule has 0 aromatic rings. The van der Waals surface area contributed by atoms with Crippen LogP contribution in [0.1, 0.15) is 0 Å². The first-order chi connectivity index (χ1) is 4.35. The molecule has 0 bridgehead atoms. The second-order valence-corrected chi connectivity index (χ2v) is 3.28. The maximum atomic E-state index is 8.45. The average molecular weight is 263 g/mol. The predicted molar refractivity (Wildman–Crippen MR) is 47.4 cm³/mol. The molecule has 56 valence electrons. The Hall–Kier alpha value is 0.960. The molecule has 0 saturated carbocycles. The molecule has 0 aliphatic rings. The normalized spacial score (nSPS) is 10.7. The van der Waals surface area contributed by atoms with Crippen molar-refractivity contribution in [1.29, 1.82) is 0 Å². The number of halogens is 1. The fourth-order valence-electron chi connectivity index (χ4n) is 0.404. The first kappa shape index (κ1) is 9.96. The number of aliphatic hydroxyl groups is 2. The van der Waals surface area contributed by atoms with Gasteiger partial charge in [0.15, 0.2) is 0 Å². The summed E-state index contributed by atoms with van der Waals surface area (Å²) < 4.78 is 1.89. The van der Waals surface area contributed by atoms with E-state index in [-0.39, 0.29) is 13.2 Å². The molecule has 0 aromatic heterocycles. The van der Waals surface area contributed by atoms with Crippen molar-refractivity contribution in [3.05, 3.63) is 0 Å². The molecular weight excluding hydrogens is 253 g/mol. The van der Waals surface area contributed by atoms with Crippen molar-refractivity contribution < 1.29 is 10.2 Å². The van der Waals surface area contributed by atoms with Crippen LogP contribution < -0.4 is 0 Å². The number of hydrogen-bond acceptors (Lipinski definition) is 4. The van der Waals surface area contributed by atoms with Gasteiger partial charge in [0.05, 0.1) is 13.2 Å². The van der Waals surface area contributed by atoms with Crippen molar-refractivity contribution in [2.45, 2.75) is 0 Å². The Bertz CT molecular complexity index is 60.5. The molecule has 0 aromatic carbocycles. The summed E-state index contributed by atoms with van der Waals surface area (Å²) in [4.78, 5) is 0. The highest BCUT2D eigenvalue weighted by molar-refractivity contribution is 14.2. The van der Waals surface area contributed by atoms with Crippen LogP contribution in [0.3, 0.4) is 0 Å². The van der Waals surface area contributed by atoms with Crippen molar-refractivity contribution >= 4 is 30.3 Å². The van der Waals surface area contributed by atoms with Crippen LogP contribution in [0.2, 0.25) is 0 Å². The third kappa shape index (κ3) is 5.41. The van der Waals surface area contributed by atoms with Crippen LogP contribution in [0.4, 0.5) is 0 Å². The van der Waals surface area contributed by atoms with Gasteiger partial charge in [-0.25, -0.2) is 4.31 Å². The molecule has 0 atom stereocenters. The largest absolute Gasteiger partial charge is 0.395 e. The third-order valence-corrected chi connectivity index (χ3v) is 3.03. The van der Waals surface area contributed by atoms with Crippen LogP contribution in [-0.2, 0) is 0 Å². The number of nitrogens with zero attached hydrogens (tertiary/aromatic N) is 1. The lowest BCUT2D eigenvalue weighted by Crippen LogP contribution is -2.21. The molecular formula is C4H10INO2S. The topological polar surface area (TPSA) is 43.7 Å². The molecule has 0 aliphatic heterocycles. The number of rotatable bonds is 5. The van der Waals surface area contributed by atoms with Crippen LogP contribution >= 0.6 is 30.3 Å². The first-order valence-corrected chi connectivity index (χ1v) is 5.92. The van der Waals surface area contributed by atoms with Gasteiger partial charge in [-0.3, -0.25) is 0 Å². The zero-order valence-corrected chi connectivity index (χ0v) is 7.93. The maximum Gasteiger partial charge on any atom is 0.0568 e. The summed E-state index contributed by atoms with van der Waals surface area (Å²) in [5, 5.41) is 16.9. The van der Waals surface area contributed by atoms with Gasteiger partial charge in [-0.05, 0) is 9.12 Å². The monoisotopic (exact) mass is 263 g/mol. The molecule has 0 spiro atoms. The van der Waals surface area contributed by atoms with E-state index in [1.54, 1.807) is 0 Å². The summed E-state index contributed by atoms with van der Waals surface area (Å²) in [7, 11) is 1.50. The lowest BCUT2D eigenvalue weighted by atomic mass is 10.6. The standard InChI is InChI=1S/C4H10INO2S/c5-9-6(1-3-7)2-4-8/h7-8H,1-4H2. The molecule has 0 unspecified atom stereocenters. The van der Waals surface area contributed by atoms with Gasteiger partial charge < -0.3 is 10.2 Å². The van der Waals surface area contributed by atoms with Crippen LogP contribution in [-0.4, -0.2) is 40.8 Å². The van der Waals surface area contributed by atoms with Crippen molar-refractivity contribution in [3.8, 4) is 0 Å². The summed E-state index contributed by atoms with van der Waals surface area (Å²) in [5.74, 6) is 0. The molecule has 2 N–H and O–H groups in total. The Morgan fingerprint density at radius 3 is 1.89 bits per heavy atom. The summed E-state index contributed by atoms with van der Waals surface area (Å²) in [5.41, 5.74) is 0. The van der Waals surface area contributed by atoms with E-state index in [4.69, 9.17) is 10.2 Å². The van der Waals surface area contributed by atoms with E-state index < -0.39 is 0 Å². The quantitative estimate of drug-likeness (QED) is 0.552. The van der Waals surface area contributed by atoms with Gasteiger partial charge in [0, 0.05) is 34.3 Å².